The summed E-state index contributed by atoms with van der Waals surface area (Å²) in [5, 5.41) is 7.23. The van der Waals surface area contributed by atoms with Gasteiger partial charge in [-0.1, -0.05) is 43.3 Å². The SMILES string of the molecule is CCc1ccccc1NC(=O)C=Cc1cnn(-c2ccccc2)c1. The van der Waals surface area contributed by atoms with Crippen LogP contribution in [0.1, 0.15) is 18.1 Å². The first kappa shape index (κ1) is 15.7. The second-order valence-electron chi connectivity index (χ2n) is 5.39. The summed E-state index contributed by atoms with van der Waals surface area (Å²) in [5.41, 5.74) is 3.84. The minimum Gasteiger partial charge on any atom is -0.322 e. The second kappa shape index (κ2) is 7.42. The average molecular weight is 317 g/mol. The van der Waals surface area contributed by atoms with Crippen LogP contribution in [0, 0.1) is 0 Å². The number of nitrogens with zero attached hydrogens (tertiary/aromatic N) is 2. The molecule has 1 heterocycles. The van der Waals surface area contributed by atoms with Gasteiger partial charge in [-0.2, -0.15) is 5.10 Å². The summed E-state index contributed by atoms with van der Waals surface area (Å²) in [6, 6.07) is 17.7. The number of amides is 1. The van der Waals surface area contributed by atoms with Gasteiger partial charge >= 0.3 is 0 Å². The van der Waals surface area contributed by atoms with Gasteiger partial charge in [-0.25, -0.2) is 4.68 Å². The number of rotatable bonds is 5. The van der Waals surface area contributed by atoms with Crippen LogP contribution >= 0.6 is 0 Å². The third kappa shape index (κ3) is 3.79. The van der Waals surface area contributed by atoms with Crippen molar-refractivity contribution in [3.63, 3.8) is 0 Å². The molecule has 0 spiro atoms. The predicted molar refractivity (Wildman–Crippen MR) is 97.0 cm³/mol. The van der Waals surface area contributed by atoms with Crippen LogP contribution in [0.15, 0.2) is 73.1 Å². The van der Waals surface area contributed by atoms with Gasteiger partial charge in [0.1, 0.15) is 0 Å². The van der Waals surface area contributed by atoms with Gasteiger partial charge in [-0.3, -0.25) is 4.79 Å². The number of carbonyl (C=O) groups is 1. The van der Waals surface area contributed by atoms with E-state index in [-0.39, 0.29) is 5.91 Å². The molecule has 0 unspecified atom stereocenters. The Morgan fingerprint density at radius 1 is 1.12 bits per heavy atom. The predicted octanol–water partition coefficient (Wildman–Crippen LogP) is 4.09. The maximum absolute atomic E-state index is 12.1. The van der Waals surface area contributed by atoms with Gasteiger partial charge in [-0.05, 0) is 36.3 Å². The molecule has 0 aliphatic carbocycles. The number of aryl methyl sites for hydroxylation is 1. The molecule has 0 fully saturated rings. The Morgan fingerprint density at radius 3 is 2.67 bits per heavy atom. The molecule has 3 rings (SSSR count). The fraction of sp³-hybridized carbons (Fsp3) is 0.100. The second-order valence-corrected chi connectivity index (χ2v) is 5.39. The number of anilines is 1. The highest BCUT2D eigenvalue weighted by atomic mass is 16.1. The maximum Gasteiger partial charge on any atom is 0.248 e. The molecule has 0 aliphatic heterocycles. The van der Waals surface area contributed by atoms with Gasteiger partial charge in [0.05, 0.1) is 11.9 Å². The third-order valence-corrected chi connectivity index (χ3v) is 3.71. The largest absolute Gasteiger partial charge is 0.322 e. The van der Waals surface area contributed by atoms with Crippen molar-refractivity contribution in [3.05, 3.63) is 84.2 Å². The smallest absolute Gasteiger partial charge is 0.248 e. The fourth-order valence-corrected chi connectivity index (χ4v) is 2.44. The first-order chi connectivity index (χ1) is 11.8. The van der Waals surface area contributed by atoms with Crippen molar-refractivity contribution in [3.8, 4) is 5.69 Å². The molecule has 4 heteroatoms. The Kier molecular flexibility index (Phi) is 4.87. The number of aromatic nitrogens is 2. The fourth-order valence-electron chi connectivity index (χ4n) is 2.44. The van der Waals surface area contributed by atoms with Gasteiger partial charge in [0, 0.05) is 23.5 Å². The molecule has 2 aromatic carbocycles. The van der Waals surface area contributed by atoms with Crippen LogP contribution in [0.25, 0.3) is 11.8 Å². The Labute approximate surface area is 141 Å². The van der Waals surface area contributed by atoms with Gasteiger partial charge in [0.25, 0.3) is 0 Å². The molecule has 0 saturated heterocycles. The summed E-state index contributed by atoms with van der Waals surface area (Å²) in [6.45, 7) is 2.07. The van der Waals surface area contributed by atoms with Crippen molar-refractivity contribution in [1.29, 1.82) is 0 Å². The van der Waals surface area contributed by atoms with E-state index in [0.29, 0.717) is 0 Å². The van der Waals surface area contributed by atoms with Crippen LogP contribution in [0.4, 0.5) is 5.69 Å². The topological polar surface area (TPSA) is 46.9 Å². The van der Waals surface area contributed by atoms with Crippen molar-refractivity contribution in [1.82, 2.24) is 9.78 Å². The van der Waals surface area contributed by atoms with Crippen LogP contribution in [-0.4, -0.2) is 15.7 Å². The highest BCUT2D eigenvalue weighted by Gasteiger charge is 2.03. The molecule has 0 aliphatic rings. The van der Waals surface area contributed by atoms with Crippen LogP contribution in [0.2, 0.25) is 0 Å². The summed E-state index contributed by atoms with van der Waals surface area (Å²) in [4.78, 5) is 12.1. The molecule has 0 saturated carbocycles. The minimum atomic E-state index is -0.150. The van der Waals surface area contributed by atoms with Crippen molar-refractivity contribution < 1.29 is 4.79 Å². The summed E-state index contributed by atoms with van der Waals surface area (Å²) >= 11 is 0. The molecule has 1 aromatic heterocycles. The highest BCUT2D eigenvalue weighted by Crippen LogP contribution is 2.15. The zero-order valence-electron chi connectivity index (χ0n) is 13.5. The van der Waals surface area contributed by atoms with Crippen molar-refractivity contribution in [2.75, 3.05) is 5.32 Å². The molecular weight excluding hydrogens is 298 g/mol. The molecule has 1 N–H and O–H groups in total. The normalized spacial score (nSPS) is 10.9. The van der Waals surface area contributed by atoms with Crippen LogP contribution in [0.3, 0.4) is 0 Å². The van der Waals surface area contributed by atoms with E-state index in [9.17, 15) is 4.79 Å². The van der Waals surface area contributed by atoms with Crippen molar-refractivity contribution in [2.24, 2.45) is 0 Å². The number of nitrogens with one attached hydrogen (secondary N) is 1. The Hall–Kier alpha value is -3.14. The molecule has 1 amide bonds. The summed E-state index contributed by atoms with van der Waals surface area (Å²) < 4.78 is 1.78. The number of benzene rings is 2. The first-order valence-electron chi connectivity index (χ1n) is 7.93. The summed E-state index contributed by atoms with van der Waals surface area (Å²) in [7, 11) is 0. The van der Waals surface area contributed by atoms with Crippen molar-refractivity contribution >= 4 is 17.7 Å². The number of hydrogen-bond donors (Lipinski definition) is 1. The van der Waals surface area contributed by atoms with E-state index in [2.05, 4.69) is 17.3 Å². The minimum absolute atomic E-state index is 0.150. The zero-order valence-corrected chi connectivity index (χ0v) is 13.5. The lowest BCUT2D eigenvalue weighted by molar-refractivity contribution is -0.111. The van der Waals surface area contributed by atoms with Gasteiger partial charge in [-0.15, -0.1) is 0 Å². The molecule has 0 radical (unpaired) electrons. The van der Waals surface area contributed by atoms with E-state index in [0.717, 1.165) is 28.9 Å². The molecule has 0 bridgehead atoms. The Morgan fingerprint density at radius 2 is 1.88 bits per heavy atom. The lowest BCUT2D eigenvalue weighted by atomic mass is 10.1. The monoisotopic (exact) mass is 317 g/mol. The Bertz CT molecular complexity index is 850. The van der Waals surface area contributed by atoms with E-state index in [4.69, 9.17) is 0 Å². The lowest BCUT2D eigenvalue weighted by Crippen LogP contribution is -2.09. The molecule has 3 aromatic rings. The van der Waals surface area contributed by atoms with Gasteiger partial charge < -0.3 is 5.32 Å². The third-order valence-electron chi connectivity index (χ3n) is 3.71. The molecule has 4 nitrogen and oxygen atoms in total. The summed E-state index contributed by atoms with van der Waals surface area (Å²) in [6.07, 6.45) is 7.79. The number of carbonyl (C=O) groups excluding carboxylic acids is 1. The average Bonchev–Trinajstić information content (AvgIpc) is 3.10. The standard InChI is InChI=1S/C20H19N3O/c1-2-17-8-6-7-11-19(17)22-20(24)13-12-16-14-21-23(15-16)18-9-4-3-5-10-18/h3-15H,2H2,1H3,(H,22,24). The Balaban J connectivity index is 1.68. The zero-order chi connectivity index (χ0) is 16.8. The molecule has 24 heavy (non-hydrogen) atoms. The van der Waals surface area contributed by atoms with E-state index < -0.39 is 0 Å². The van der Waals surface area contributed by atoms with Crippen LogP contribution in [-0.2, 0) is 11.2 Å². The lowest BCUT2D eigenvalue weighted by Gasteiger charge is -2.07. The first-order valence-corrected chi connectivity index (χ1v) is 7.93. The summed E-state index contributed by atoms with van der Waals surface area (Å²) in [5.74, 6) is -0.150. The van der Waals surface area contributed by atoms with Gasteiger partial charge in [0.2, 0.25) is 5.91 Å². The molecule has 120 valence electrons. The van der Waals surface area contributed by atoms with E-state index in [1.165, 1.54) is 6.08 Å². The molecular formula is C20H19N3O. The highest BCUT2D eigenvalue weighted by molar-refractivity contribution is 6.02. The molecule has 0 atom stereocenters. The van der Waals surface area contributed by atoms with E-state index in [1.54, 1.807) is 17.0 Å². The van der Waals surface area contributed by atoms with Gasteiger partial charge in [0.15, 0.2) is 0 Å². The van der Waals surface area contributed by atoms with Crippen LogP contribution in [0.5, 0.6) is 0 Å². The maximum atomic E-state index is 12.1. The number of para-hydroxylation sites is 2. The van der Waals surface area contributed by atoms with E-state index >= 15 is 0 Å². The number of hydrogen-bond acceptors (Lipinski definition) is 2. The van der Waals surface area contributed by atoms with Crippen molar-refractivity contribution in [2.45, 2.75) is 13.3 Å². The van der Waals surface area contributed by atoms with Crippen LogP contribution < -0.4 is 5.32 Å². The van der Waals surface area contributed by atoms with E-state index in [1.807, 2.05) is 60.8 Å². The quantitative estimate of drug-likeness (QED) is 0.721.